The standard InChI is InChI=1S/C25H21N3O3S/c1-2-32-21-14-8-17(9-15-21)16-22-27-28-25(31-22)26-24(30)20-12-10-19(11-13-20)23(29)18-6-4-3-5-7-18/h3-15H,2,16H2,1H3,(H,26,28,30). The van der Waals surface area contributed by atoms with Crippen LogP contribution in [0.15, 0.2) is 88.2 Å². The molecule has 160 valence electrons. The molecule has 1 heterocycles. The molecule has 1 amide bonds. The number of anilines is 1. The first kappa shape index (κ1) is 21.5. The minimum Gasteiger partial charge on any atom is -0.407 e. The van der Waals surface area contributed by atoms with Gasteiger partial charge >= 0.3 is 6.01 Å². The second-order valence-electron chi connectivity index (χ2n) is 6.98. The lowest BCUT2D eigenvalue weighted by Gasteiger charge is -2.04. The molecule has 0 fully saturated rings. The number of rotatable bonds is 8. The summed E-state index contributed by atoms with van der Waals surface area (Å²) in [4.78, 5) is 26.2. The van der Waals surface area contributed by atoms with Crippen LogP contribution in [-0.4, -0.2) is 27.6 Å². The molecule has 0 atom stereocenters. The highest BCUT2D eigenvalue weighted by molar-refractivity contribution is 7.99. The molecule has 3 aromatic carbocycles. The van der Waals surface area contributed by atoms with E-state index in [0.29, 0.717) is 29.0 Å². The Labute approximate surface area is 190 Å². The number of carbonyl (C=O) groups is 2. The van der Waals surface area contributed by atoms with Crippen molar-refractivity contribution < 1.29 is 14.0 Å². The molecule has 4 aromatic rings. The molecule has 0 aliphatic rings. The van der Waals surface area contributed by atoms with Crippen LogP contribution in [0, 0.1) is 0 Å². The number of ketones is 1. The second-order valence-corrected chi connectivity index (χ2v) is 8.32. The van der Waals surface area contributed by atoms with Crippen LogP contribution in [0.25, 0.3) is 0 Å². The Kier molecular flexibility index (Phi) is 6.77. The predicted octanol–water partition coefficient (Wildman–Crippen LogP) is 5.26. The van der Waals surface area contributed by atoms with Gasteiger partial charge < -0.3 is 4.42 Å². The fraction of sp³-hybridized carbons (Fsp3) is 0.120. The minimum absolute atomic E-state index is 0.0348. The van der Waals surface area contributed by atoms with Gasteiger partial charge in [0.1, 0.15) is 0 Å². The maximum Gasteiger partial charge on any atom is 0.322 e. The third-order valence-corrected chi connectivity index (χ3v) is 5.62. The number of nitrogens with zero attached hydrogens (tertiary/aromatic N) is 2. The molecule has 1 aromatic heterocycles. The molecule has 0 aliphatic carbocycles. The first-order valence-electron chi connectivity index (χ1n) is 10.2. The first-order valence-corrected chi connectivity index (χ1v) is 11.2. The number of hydrogen-bond acceptors (Lipinski definition) is 6. The third kappa shape index (κ3) is 5.31. The largest absolute Gasteiger partial charge is 0.407 e. The van der Waals surface area contributed by atoms with E-state index in [0.717, 1.165) is 11.3 Å². The van der Waals surface area contributed by atoms with E-state index < -0.39 is 0 Å². The Balaban J connectivity index is 1.37. The lowest BCUT2D eigenvalue weighted by atomic mass is 10.0. The van der Waals surface area contributed by atoms with Gasteiger partial charge in [0.15, 0.2) is 5.78 Å². The number of benzene rings is 3. The lowest BCUT2D eigenvalue weighted by molar-refractivity contribution is 0.101. The molecule has 0 bridgehead atoms. The van der Waals surface area contributed by atoms with Gasteiger partial charge in [0, 0.05) is 21.6 Å². The van der Waals surface area contributed by atoms with Crippen LogP contribution >= 0.6 is 11.8 Å². The molecule has 0 saturated heterocycles. The number of carbonyl (C=O) groups excluding carboxylic acids is 2. The number of nitrogens with one attached hydrogen (secondary N) is 1. The fourth-order valence-electron chi connectivity index (χ4n) is 3.12. The molecule has 0 radical (unpaired) electrons. The summed E-state index contributed by atoms with van der Waals surface area (Å²) in [6, 6.07) is 23.7. The van der Waals surface area contributed by atoms with Crippen LogP contribution in [0.3, 0.4) is 0 Å². The maximum atomic E-state index is 12.5. The predicted molar refractivity (Wildman–Crippen MR) is 124 cm³/mol. The zero-order chi connectivity index (χ0) is 22.3. The number of amides is 1. The molecule has 6 nitrogen and oxygen atoms in total. The highest BCUT2D eigenvalue weighted by Gasteiger charge is 2.14. The van der Waals surface area contributed by atoms with Crippen molar-refractivity contribution in [2.45, 2.75) is 18.2 Å². The molecule has 0 unspecified atom stereocenters. The van der Waals surface area contributed by atoms with Crippen LogP contribution in [0.4, 0.5) is 6.01 Å². The number of hydrogen-bond donors (Lipinski definition) is 1. The van der Waals surface area contributed by atoms with Crippen molar-refractivity contribution in [1.82, 2.24) is 10.2 Å². The summed E-state index contributed by atoms with van der Waals surface area (Å²) in [6.07, 6.45) is 0.482. The lowest BCUT2D eigenvalue weighted by Crippen LogP contribution is -2.12. The van der Waals surface area contributed by atoms with E-state index in [2.05, 4.69) is 34.6 Å². The normalized spacial score (nSPS) is 10.7. The van der Waals surface area contributed by atoms with Gasteiger partial charge in [-0.1, -0.05) is 66.6 Å². The van der Waals surface area contributed by atoms with Gasteiger partial charge in [-0.2, -0.15) is 0 Å². The molecule has 1 N–H and O–H groups in total. The van der Waals surface area contributed by atoms with Gasteiger partial charge in [-0.05, 0) is 35.6 Å². The van der Waals surface area contributed by atoms with E-state index in [1.807, 2.05) is 30.3 Å². The molecule has 0 aliphatic heterocycles. The molecule has 32 heavy (non-hydrogen) atoms. The van der Waals surface area contributed by atoms with Crippen LogP contribution < -0.4 is 5.32 Å². The van der Waals surface area contributed by atoms with E-state index >= 15 is 0 Å². The van der Waals surface area contributed by atoms with Gasteiger partial charge in [-0.15, -0.1) is 16.9 Å². The Morgan fingerprint density at radius 3 is 2.19 bits per heavy atom. The molecular weight excluding hydrogens is 422 g/mol. The highest BCUT2D eigenvalue weighted by Crippen LogP contribution is 2.19. The quantitative estimate of drug-likeness (QED) is 0.295. The molecule has 4 rings (SSSR count). The summed E-state index contributed by atoms with van der Waals surface area (Å²) in [5.74, 6) is 0.957. The first-order chi connectivity index (χ1) is 15.6. The SMILES string of the molecule is CCSc1ccc(Cc2nnc(NC(=O)c3ccc(C(=O)c4ccccc4)cc3)o2)cc1. The van der Waals surface area contributed by atoms with Crippen molar-refractivity contribution in [3.8, 4) is 0 Å². The average Bonchev–Trinajstić information content (AvgIpc) is 3.27. The Morgan fingerprint density at radius 1 is 0.844 bits per heavy atom. The average molecular weight is 444 g/mol. The molecule has 0 spiro atoms. The van der Waals surface area contributed by atoms with Crippen molar-refractivity contribution in [1.29, 1.82) is 0 Å². The topological polar surface area (TPSA) is 85.1 Å². The third-order valence-electron chi connectivity index (χ3n) is 4.72. The Morgan fingerprint density at radius 2 is 1.50 bits per heavy atom. The highest BCUT2D eigenvalue weighted by atomic mass is 32.2. The van der Waals surface area contributed by atoms with Crippen molar-refractivity contribution in [2.75, 3.05) is 11.1 Å². The summed E-state index contributed by atoms with van der Waals surface area (Å²) in [6.45, 7) is 2.12. The summed E-state index contributed by atoms with van der Waals surface area (Å²) < 4.78 is 5.56. The Hall–Kier alpha value is -3.71. The van der Waals surface area contributed by atoms with Crippen molar-refractivity contribution in [2.24, 2.45) is 0 Å². The monoisotopic (exact) mass is 443 g/mol. The summed E-state index contributed by atoms with van der Waals surface area (Å²) in [5.41, 5.74) is 2.54. The van der Waals surface area contributed by atoms with Crippen molar-refractivity contribution in [3.05, 3.63) is 107 Å². The maximum absolute atomic E-state index is 12.5. The van der Waals surface area contributed by atoms with Crippen LogP contribution in [0.1, 0.15) is 44.7 Å². The van der Waals surface area contributed by atoms with Gasteiger partial charge in [-0.25, -0.2) is 0 Å². The van der Waals surface area contributed by atoms with E-state index in [1.165, 1.54) is 4.90 Å². The zero-order valence-electron chi connectivity index (χ0n) is 17.4. The second kappa shape index (κ2) is 10.1. The smallest absolute Gasteiger partial charge is 0.322 e. The minimum atomic E-state index is -0.389. The van der Waals surface area contributed by atoms with E-state index in [9.17, 15) is 9.59 Å². The van der Waals surface area contributed by atoms with Crippen molar-refractivity contribution >= 4 is 29.5 Å². The van der Waals surface area contributed by atoms with Gasteiger partial charge in [0.05, 0.1) is 6.42 Å². The van der Waals surface area contributed by atoms with Gasteiger partial charge in [-0.3, -0.25) is 14.9 Å². The summed E-state index contributed by atoms with van der Waals surface area (Å²) in [7, 11) is 0. The van der Waals surface area contributed by atoms with Gasteiger partial charge in [0.2, 0.25) is 5.89 Å². The Bertz CT molecular complexity index is 1200. The molecular formula is C25H21N3O3S. The summed E-state index contributed by atoms with van der Waals surface area (Å²) in [5, 5.41) is 10.5. The fourth-order valence-corrected chi connectivity index (χ4v) is 3.78. The number of aromatic nitrogens is 2. The van der Waals surface area contributed by atoms with E-state index in [-0.39, 0.29) is 17.7 Å². The van der Waals surface area contributed by atoms with E-state index in [1.54, 1.807) is 48.2 Å². The number of thioether (sulfide) groups is 1. The van der Waals surface area contributed by atoms with Gasteiger partial charge in [0.25, 0.3) is 5.91 Å². The molecule has 7 heteroatoms. The van der Waals surface area contributed by atoms with Crippen LogP contribution in [0.2, 0.25) is 0 Å². The summed E-state index contributed by atoms with van der Waals surface area (Å²) >= 11 is 1.78. The van der Waals surface area contributed by atoms with E-state index in [4.69, 9.17) is 4.42 Å². The molecule has 0 saturated carbocycles. The van der Waals surface area contributed by atoms with Crippen molar-refractivity contribution in [3.63, 3.8) is 0 Å². The van der Waals surface area contributed by atoms with Crippen LogP contribution in [-0.2, 0) is 6.42 Å². The van der Waals surface area contributed by atoms with Crippen LogP contribution in [0.5, 0.6) is 0 Å². The zero-order valence-corrected chi connectivity index (χ0v) is 18.3.